The van der Waals surface area contributed by atoms with E-state index >= 15 is 0 Å². The van der Waals surface area contributed by atoms with Gasteiger partial charge in [-0.2, -0.15) is 0 Å². The predicted molar refractivity (Wildman–Crippen MR) is 106 cm³/mol. The van der Waals surface area contributed by atoms with Crippen molar-refractivity contribution in [2.75, 3.05) is 45.2 Å². The molecule has 1 aromatic carbocycles. The molecule has 0 aliphatic carbocycles. The minimum Gasteiger partial charge on any atom is -0.481 e. The van der Waals surface area contributed by atoms with E-state index in [0.29, 0.717) is 12.4 Å². The van der Waals surface area contributed by atoms with Gasteiger partial charge in [0.05, 0.1) is 17.8 Å². The van der Waals surface area contributed by atoms with Crippen molar-refractivity contribution in [3.05, 3.63) is 53.2 Å². The van der Waals surface area contributed by atoms with Gasteiger partial charge in [0.15, 0.2) is 5.96 Å². The molecule has 2 aromatic rings. The predicted octanol–water partition coefficient (Wildman–Crippen LogP) is 2.64. The van der Waals surface area contributed by atoms with E-state index in [0.717, 1.165) is 48.4 Å². The number of hydrogen-bond donors (Lipinski definition) is 1. The quantitative estimate of drug-likeness (QED) is 0.659. The molecule has 1 saturated heterocycles. The highest BCUT2D eigenvalue weighted by molar-refractivity contribution is 6.33. The van der Waals surface area contributed by atoms with Gasteiger partial charge in [0.25, 0.3) is 0 Å². The van der Waals surface area contributed by atoms with Gasteiger partial charge in [-0.3, -0.25) is 4.99 Å². The third-order valence-corrected chi connectivity index (χ3v) is 4.76. The van der Waals surface area contributed by atoms with Crippen LogP contribution in [0.15, 0.2) is 47.6 Å². The number of para-hydroxylation sites is 1. The van der Waals surface area contributed by atoms with Crippen LogP contribution in [0.2, 0.25) is 5.02 Å². The number of halogens is 1. The van der Waals surface area contributed by atoms with Gasteiger partial charge in [0, 0.05) is 52.0 Å². The topological polar surface area (TPSA) is 53.0 Å². The number of aliphatic imine (C=N–C) groups is 1. The van der Waals surface area contributed by atoms with Crippen molar-refractivity contribution < 1.29 is 4.74 Å². The van der Waals surface area contributed by atoms with Gasteiger partial charge in [0.1, 0.15) is 0 Å². The number of anilines is 1. The van der Waals surface area contributed by atoms with Crippen LogP contribution in [0.3, 0.4) is 0 Å². The number of benzene rings is 1. The number of ether oxygens (including phenoxy) is 1. The third kappa shape index (κ3) is 4.38. The van der Waals surface area contributed by atoms with Crippen LogP contribution in [0.4, 0.5) is 5.69 Å². The molecule has 0 radical (unpaired) electrons. The Hall–Kier alpha value is -2.47. The highest BCUT2D eigenvalue weighted by atomic mass is 35.5. The highest BCUT2D eigenvalue weighted by Crippen LogP contribution is 2.26. The standard InChI is InChI=1S/C19H24ClN5O/c1-21-19(23-14-15-7-8-18(26-2)22-13-15)25-11-9-24(10-12-25)17-6-4-3-5-16(17)20/h3-8,13H,9-12,14H2,1-2H3,(H,21,23). The molecule has 1 fully saturated rings. The van der Waals surface area contributed by atoms with Crippen LogP contribution in [0.25, 0.3) is 0 Å². The molecule has 1 aromatic heterocycles. The summed E-state index contributed by atoms with van der Waals surface area (Å²) in [7, 11) is 3.43. The van der Waals surface area contributed by atoms with Crippen LogP contribution >= 0.6 is 11.6 Å². The van der Waals surface area contributed by atoms with Crippen LogP contribution < -0.4 is 15.0 Å². The Morgan fingerprint density at radius 1 is 1.19 bits per heavy atom. The van der Waals surface area contributed by atoms with Gasteiger partial charge >= 0.3 is 0 Å². The van der Waals surface area contributed by atoms with Crippen LogP contribution in [-0.2, 0) is 6.54 Å². The van der Waals surface area contributed by atoms with Crippen molar-refractivity contribution in [3.63, 3.8) is 0 Å². The van der Waals surface area contributed by atoms with E-state index in [2.05, 4.69) is 31.2 Å². The molecule has 0 amide bonds. The summed E-state index contributed by atoms with van der Waals surface area (Å²) >= 11 is 6.32. The summed E-state index contributed by atoms with van der Waals surface area (Å²) in [5, 5.41) is 4.21. The number of methoxy groups -OCH3 is 1. The lowest BCUT2D eigenvalue weighted by molar-refractivity contribution is 0.372. The van der Waals surface area contributed by atoms with Crippen molar-refractivity contribution in [2.24, 2.45) is 4.99 Å². The van der Waals surface area contributed by atoms with E-state index in [1.807, 2.05) is 43.6 Å². The first kappa shape index (κ1) is 18.3. The Morgan fingerprint density at radius 2 is 1.96 bits per heavy atom. The molecular weight excluding hydrogens is 350 g/mol. The number of nitrogens with one attached hydrogen (secondary N) is 1. The average Bonchev–Trinajstić information content (AvgIpc) is 2.70. The molecular formula is C19H24ClN5O. The van der Waals surface area contributed by atoms with E-state index in [1.165, 1.54) is 0 Å². The first-order valence-electron chi connectivity index (χ1n) is 8.65. The number of nitrogens with zero attached hydrogens (tertiary/aromatic N) is 4. The average molecular weight is 374 g/mol. The molecule has 0 saturated carbocycles. The summed E-state index contributed by atoms with van der Waals surface area (Å²) in [5.41, 5.74) is 2.18. The Bertz CT molecular complexity index is 742. The van der Waals surface area contributed by atoms with Gasteiger partial charge in [-0.15, -0.1) is 0 Å². The zero-order chi connectivity index (χ0) is 18.4. The first-order chi connectivity index (χ1) is 12.7. The SMILES string of the molecule is CN=C(NCc1ccc(OC)nc1)N1CCN(c2ccccc2Cl)CC1. The van der Waals surface area contributed by atoms with Crippen LogP contribution in [-0.4, -0.2) is 56.2 Å². The second kappa shape index (κ2) is 8.76. The normalized spacial score (nSPS) is 15.1. The van der Waals surface area contributed by atoms with Crippen molar-refractivity contribution in [3.8, 4) is 5.88 Å². The molecule has 3 rings (SSSR count). The fraction of sp³-hybridized carbons (Fsp3) is 0.368. The fourth-order valence-electron chi connectivity index (χ4n) is 3.02. The minimum atomic E-state index is 0.619. The monoisotopic (exact) mass is 373 g/mol. The maximum Gasteiger partial charge on any atom is 0.212 e. The Balaban J connectivity index is 1.54. The first-order valence-corrected chi connectivity index (χ1v) is 9.03. The molecule has 1 N–H and O–H groups in total. The highest BCUT2D eigenvalue weighted by Gasteiger charge is 2.20. The molecule has 2 heterocycles. The van der Waals surface area contributed by atoms with Gasteiger partial charge in [-0.25, -0.2) is 4.98 Å². The van der Waals surface area contributed by atoms with E-state index in [1.54, 1.807) is 7.11 Å². The molecule has 7 heteroatoms. The lowest BCUT2D eigenvalue weighted by Gasteiger charge is -2.38. The van der Waals surface area contributed by atoms with Gasteiger partial charge < -0.3 is 19.9 Å². The lowest BCUT2D eigenvalue weighted by Crippen LogP contribution is -2.52. The zero-order valence-corrected chi connectivity index (χ0v) is 15.9. The smallest absolute Gasteiger partial charge is 0.212 e. The van der Waals surface area contributed by atoms with Crippen molar-refractivity contribution in [1.29, 1.82) is 0 Å². The number of guanidine groups is 1. The summed E-state index contributed by atoms with van der Waals surface area (Å²) in [6.07, 6.45) is 1.81. The Morgan fingerprint density at radius 3 is 2.58 bits per heavy atom. The van der Waals surface area contributed by atoms with E-state index in [9.17, 15) is 0 Å². The Kier molecular flexibility index (Phi) is 6.17. The summed E-state index contributed by atoms with van der Waals surface area (Å²) in [6, 6.07) is 11.9. The van der Waals surface area contributed by atoms with Crippen LogP contribution in [0.5, 0.6) is 5.88 Å². The number of pyridine rings is 1. The molecule has 0 spiro atoms. The number of hydrogen-bond acceptors (Lipinski definition) is 4. The van der Waals surface area contributed by atoms with Crippen molar-refractivity contribution >= 4 is 23.2 Å². The molecule has 6 nitrogen and oxygen atoms in total. The van der Waals surface area contributed by atoms with Crippen molar-refractivity contribution in [2.45, 2.75) is 6.54 Å². The van der Waals surface area contributed by atoms with E-state index in [4.69, 9.17) is 16.3 Å². The molecule has 1 aliphatic rings. The summed E-state index contributed by atoms with van der Waals surface area (Å²) in [6.45, 7) is 4.29. The molecule has 0 atom stereocenters. The third-order valence-electron chi connectivity index (χ3n) is 4.44. The molecule has 26 heavy (non-hydrogen) atoms. The summed E-state index contributed by atoms with van der Waals surface area (Å²) < 4.78 is 5.09. The van der Waals surface area contributed by atoms with E-state index < -0.39 is 0 Å². The fourth-order valence-corrected chi connectivity index (χ4v) is 3.27. The van der Waals surface area contributed by atoms with Crippen molar-refractivity contribution in [1.82, 2.24) is 15.2 Å². The van der Waals surface area contributed by atoms with E-state index in [-0.39, 0.29) is 0 Å². The number of piperazine rings is 1. The van der Waals surface area contributed by atoms with Gasteiger partial charge in [0.2, 0.25) is 5.88 Å². The number of rotatable bonds is 4. The largest absolute Gasteiger partial charge is 0.481 e. The molecule has 0 bridgehead atoms. The van der Waals surface area contributed by atoms with Gasteiger partial charge in [-0.05, 0) is 17.7 Å². The Labute approximate surface area is 159 Å². The second-order valence-corrected chi connectivity index (χ2v) is 6.44. The summed E-state index contributed by atoms with van der Waals surface area (Å²) in [5.74, 6) is 1.52. The second-order valence-electron chi connectivity index (χ2n) is 6.04. The zero-order valence-electron chi connectivity index (χ0n) is 15.2. The molecule has 138 valence electrons. The maximum absolute atomic E-state index is 6.32. The van der Waals surface area contributed by atoms with Gasteiger partial charge in [-0.1, -0.05) is 29.8 Å². The van der Waals surface area contributed by atoms with Crippen LogP contribution in [0.1, 0.15) is 5.56 Å². The maximum atomic E-state index is 6.32. The number of aromatic nitrogens is 1. The molecule has 1 aliphatic heterocycles. The summed E-state index contributed by atoms with van der Waals surface area (Å²) in [4.78, 5) is 13.2. The molecule has 0 unspecified atom stereocenters. The minimum absolute atomic E-state index is 0.619. The van der Waals surface area contributed by atoms with Crippen LogP contribution in [0, 0.1) is 0 Å². The lowest BCUT2D eigenvalue weighted by atomic mass is 10.2.